The van der Waals surface area contributed by atoms with Gasteiger partial charge in [0, 0.05) is 82.2 Å². The minimum absolute atomic E-state index is 0.0711. The number of amides is 2. The number of aryl methyl sites for hydroxylation is 1. The number of carbonyl (C=O) groups is 2. The number of likely N-dealkylation sites (N-methyl/N-ethyl adjacent to an activating group) is 1. The fraction of sp³-hybridized carbons (Fsp3) is 0.406. The number of rotatable bonds is 7. The lowest BCUT2D eigenvalue weighted by Gasteiger charge is -2.33. The molecule has 2 saturated heterocycles. The number of benzene rings is 2. The lowest BCUT2D eigenvalue weighted by molar-refractivity contribution is -0.138. The van der Waals surface area contributed by atoms with Crippen LogP contribution >= 0.6 is 0 Å². The molecule has 2 aromatic carbocycles. The van der Waals surface area contributed by atoms with Crippen molar-refractivity contribution in [3.63, 3.8) is 0 Å². The van der Waals surface area contributed by atoms with Crippen LogP contribution < -0.4 is 10.1 Å². The number of ether oxygens (including phenoxy) is 1. The lowest BCUT2D eigenvalue weighted by atomic mass is 10.0. The van der Waals surface area contributed by atoms with Gasteiger partial charge >= 0.3 is 6.18 Å². The predicted octanol–water partition coefficient (Wildman–Crippen LogP) is 5.23. The van der Waals surface area contributed by atoms with Gasteiger partial charge in [-0.05, 0) is 55.4 Å². The summed E-state index contributed by atoms with van der Waals surface area (Å²) in [5.41, 5.74) is 0.357. The fourth-order valence-electron chi connectivity index (χ4n) is 5.45. The third kappa shape index (κ3) is 7.54. The first-order chi connectivity index (χ1) is 21.0. The maximum Gasteiger partial charge on any atom is 0.416 e. The molecular formula is C32H35F4N5O3. The van der Waals surface area contributed by atoms with Crippen molar-refractivity contribution >= 4 is 17.5 Å². The van der Waals surface area contributed by atoms with Crippen molar-refractivity contribution < 1.29 is 31.9 Å². The van der Waals surface area contributed by atoms with Crippen molar-refractivity contribution in [2.24, 2.45) is 0 Å². The van der Waals surface area contributed by atoms with Crippen molar-refractivity contribution in [2.45, 2.75) is 38.6 Å². The van der Waals surface area contributed by atoms with Crippen LogP contribution in [0.25, 0.3) is 0 Å². The lowest BCUT2D eigenvalue weighted by Crippen LogP contribution is -2.44. The molecule has 0 bridgehead atoms. The van der Waals surface area contributed by atoms with Crippen molar-refractivity contribution in [1.29, 1.82) is 0 Å². The standard InChI is InChI=1S/C32H35F4N5O3/c1-21-5-8-24(19-28(21)44-25-9-12-41(13-10-25)31(43)26-4-3-11-37-29(26)33)38-30(42)22-6-7-23(27(18-22)32(34,35)36)20-40-16-14-39(2)15-17-40/h3-8,11,18-19,25H,9-10,12-17,20H2,1-2H3,(H,38,42). The van der Waals surface area contributed by atoms with Gasteiger partial charge in [-0.3, -0.25) is 14.5 Å². The molecule has 1 aromatic heterocycles. The molecule has 3 aromatic rings. The molecule has 44 heavy (non-hydrogen) atoms. The first-order valence-corrected chi connectivity index (χ1v) is 14.6. The molecule has 5 rings (SSSR count). The molecule has 1 N–H and O–H groups in total. The molecular weight excluding hydrogens is 578 g/mol. The molecule has 12 heteroatoms. The van der Waals surface area contributed by atoms with Crippen LogP contribution in [0, 0.1) is 12.9 Å². The number of anilines is 1. The van der Waals surface area contributed by atoms with E-state index in [0.29, 0.717) is 50.5 Å². The molecule has 0 spiro atoms. The largest absolute Gasteiger partial charge is 0.490 e. The minimum Gasteiger partial charge on any atom is -0.490 e. The zero-order chi connectivity index (χ0) is 31.4. The number of hydrogen-bond acceptors (Lipinski definition) is 6. The SMILES string of the molecule is Cc1ccc(NC(=O)c2ccc(CN3CCN(C)CC3)c(C(F)(F)F)c2)cc1OC1CCN(C(=O)c2cccnc2F)CC1. The molecule has 0 saturated carbocycles. The highest BCUT2D eigenvalue weighted by atomic mass is 19.4. The first kappa shape index (κ1) is 31.4. The molecule has 234 valence electrons. The van der Waals surface area contributed by atoms with Gasteiger partial charge in [0.2, 0.25) is 5.95 Å². The Labute approximate surface area is 253 Å². The van der Waals surface area contributed by atoms with Crippen LogP contribution in [0.15, 0.2) is 54.7 Å². The normalized spacial score (nSPS) is 17.0. The summed E-state index contributed by atoms with van der Waals surface area (Å²) in [7, 11) is 1.98. The summed E-state index contributed by atoms with van der Waals surface area (Å²) >= 11 is 0. The van der Waals surface area contributed by atoms with E-state index in [1.54, 1.807) is 23.1 Å². The van der Waals surface area contributed by atoms with Gasteiger partial charge in [0.15, 0.2) is 0 Å². The summed E-state index contributed by atoms with van der Waals surface area (Å²) in [5, 5.41) is 2.70. The van der Waals surface area contributed by atoms with Gasteiger partial charge in [-0.15, -0.1) is 0 Å². The quantitative estimate of drug-likeness (QED) is 0.291. The summed E-state index contributed by atoms with van der Waals surface area (Å²) < 4.78 is 62.2. The van der Waals surface area contributed by atoms with E-state index >= 15 is 0 Å². The highest BCUT2D eigenvalue weighted by Crippen LogP contribution is 2.34. The second kappa shape index (κ2) is 13.3. The van der Waals surface area contributed by atoms with E-state index in [-0.39, 0.29) is 29.3 Å². The van der Waals surface area contributed by atoms with Gasteiger partial charge in [-0.25, -0.2) is 4.98 Å². The Morgan fingerprint density at radius 2 is 1.73 bits per heavy atom. The van der Waals surface area contributed by atoms with E-state index in [4.69, 9.17) is 4.74 Å². The highest BCUT2D eigenvalue weighted by molar-refractivity contribution is 6.04. The second-order valence-electron chi connectivity index (χ2n) is 11.3. The van der Waals surface area contributed by atoms with Gasteiger partial charge in [0.05, 0.1) is 11.1 Å². The topological polar surface area (TPSA) is 78.0 Å². The van der Waals surface area contributed by atoms with Gasteiger partial charge in [-0.2, -0.15) is 17.6 Å². The van der Waals surface area contributed by atoms with E-state index in [1.807, 2.05) is 18.9 Å². The van der Waals surface area contributed by atoms with Crippen LogP contribution in [-0.2, 0) is 12.7 Å². The molecule has 0 unspecified atom stereocenters. The van der Waals surface area contributed by atoms with E-state index in [2.05, 4.69) is 15.2 Å². The number of carbonyl (C=O) groups excluding carboxylic acids is 2. The summed E-state index contributed by atoms with van der Waals surface area (Å²) in [5.74, 6) is -1.37. The highest BCUT2D eigenvalue weighted by Gasteiger charge is 2.35. The number of halogens is 4. The zero-order valence-electron chi connectivity index (χ0n) is 24.7. The molecule has 2 fully saturated rings. The van der Waals surface area contributed by atoms with E-state index in [1.165, 1.54) is 30.5 Å². The van der Waals surface area contributed by atoms with Crippen LogP contribution in [0.4, 0.5) is 23.2 Å². The number of aromatic nitrogens is 1. The van der Waals surface area contributed by atoms with E-state index < -0.39 is 29.5 Å². The van der Waals surface area contributed by atoms with Gasteiger partial charge < -0.3 is 19.9 Å². The first-order valence-electron chi connectivity index (χ1n) is 14.6. The maximum absolute atomic E-state index is 14.0. The van der Waals surface area contributed by atoms with Crippen LogP contribution in [0.2, 0.25) is 0 Å². The number of nitrogens with one attached hydrogen (secondary N) is 1. The fourth-order valence-corrected chi connectivity index (χ4v) is 5.45. The van der Waals surface area contributed by atoms with E-state index in [9.17, 15) is 27.2 Å². The number of nitrogens with zero attached hydrogens (tertiary/aromatic N) is 4. The van der Waals surface area contributed by atoms with E-state index in [0.717, 1.165) is 24.7 Å². The predicted molar refractivity (Wildman–Crippen MR) is 157 cm³/mol. The minimum atomic E-state index is -4.60. The molecule has 2 amide bonds. The Balaban J connectivity index is 1.22. The molecule has 0 radical (unpaired) electrons. The zero-order valence-corrected chi connectivity index (χ0v) is 24.7. The van der Waals surface area contributed by atoms with Gasteiger partial charge in [0.1, 0.15) is 11.9 Å². The van der Waals surface area contributed by atoms with Crippen molar-refractivity contribution in [2.75, 3.05) is 51.6 Å². The van der Waals surface area contributed by atoms with Crippen molar-refractivity contribution in [3.05, 3.63) is 88.5 Å². The molecule has 2 aliphatic rings. The molecule has 0 atom stereocenters. The second-order valence-corrected chi connectivity index (χ2v) is 11.3. The third-order valence-corrected chi connectivity index (χ3v) is 8.13. The molecule has 8 nitrogen and oxygen atoms in total. The van der Waals surface area contributed by atoms with Crippen LogP contribution in [-0.4, -0.2) is 83.9 Å². The number of alkyl halides is 3. The van der Waals surface area contributed by atoms with Gasteiger partial charge in [-0.1, -0.05) is 12.1 Å². The summed E-state index contributed by atoms with van der Waals surface area (Å²) in [4.78, 5) is 35.0. The summed E-state index contributed by atoms with van der Waals surface area (Å²) in [6, 6.07) is 11.7. The molecule has 2 aliphatic heterocycles. The number of likely N-dealkylation sites (tertiary alicyclic amines) is 1. The monoisotopic (exact) mass is 613 g/mol. The number of hydrogen-bond donors (Lipinski definition) is 1. The molecule has 0 aliphatic carbocycles. The molecule has 3 heterocycles. The van der Waals surface area contributed by atoms with Crippen molar-refractivity contribution in [3.8, 4) is 5.75 Å². The maximum atomic E-state index is 14.0. The number of piperidine rings is 1. The van der Waals surface area contributed by atoms with Crippen LogP contribution in [0.5, 0.6) is 5.75 Å². The number of pyridine rings is 1. The Hall–Kier alpha value is -4.03. The Morgan fingerprint density at radius 1 is 1.00 bits per heavy atom. The Bertz CT molecular complexity index is 1500. The summed E-state index contributed by atoms with van der Waals surface area (Å²) in [6.45, 7) is 5.69. The summed E-state index contributed by atoms with van der Waals surface area (Å²) in [6.07, 6.45) is -2.49. The smallest absolute Gasteiger partial charge is 0.416 e. The van der Waals surface area contributed by atoms with Gasteiger partial charge in [0.25, 0.3) is 11.8 Å². The van der Waals surface area contributed by atoms with Crippen LogP contribution in [0.3, 0.4) is 0 Å². The van der Waals surface area contributed by atoms with Crippen LogP contribution in [0.1, 0.15) is 50.2 Å². The average Bonchev–Trinajstić information content (AvgIpc) is 3.00. The third-order valence-electron chi connectivity index (χ3n) is 8.13. The Morgan fingerprint density at radius 3 is 2.41 bits per heavy atom. The average molecular weight is 614 g/mol. The van der Waals surface area contributed by atoms with Crippen molar-refractivity contribution in [1.82, 2.24) is 19.7 Å². The Kier molecular flexibility index (Phi) is 9.50. The number of piperazine rings is 1.